The molecule has 19 heavy (non-hydrogen) atoms. The predicted octanol–water partition coefficient (Wildman–Crippen LogP) is 3.48. The molecule has 0 aliphatic carbocycles. The van der Waals surface area contributed by atoms with Gasteiger partial charge in [0.15, 0.2) is 0 Å². The van der Waals surface area contributed by atoms with Gasteiger partial charge < -0.3 is 10.0 Å². The molecule has 104 valence electrons. The van der Waals surface area contributed by atoms with Crippen molar-refractivity contribution in [3.63, 3.8) is 0 Å². The van der Waals surface area contributed by atoms with E-state index in [0.29, 0.717) is 11.6 Å². The number of phenols is 1. The van der Waals surface area contributed by atoms with Crippen molar-refractivity contribution in [3.05, 3.63) is 29.3 Å². The molecule has 0 spiro atoms. The maximum Gasteiger partial charge on any atom is 0.254 e. The van der Waals surface area contributed by atoms with Crippen LogP contribution in [0.1, 0.15) is 41.6 Å². The highest BCUT2D eigenvalue weighted by atomic mass is 79.9. The summed E-state index contributed by atoms with van der Waals surface area (Å²) in [5, 5.41) is 10.5. The molecule has 1 aliphatic heterocycles. The lowest BCUT2D eigenvalue weighted by Gasteiger charge is -2.25. The number of hydrogen-bond acceptors (Lipinski definition) is 2. The molecule has 0 saturated carbocycles. The Balaban J connectivity index is 2.11. The third kappa shape index (κ3) is 3.30. The van der Waals surface area contributed by atoms with Crippen molar-refractivity contribution in [2.24, 2.45) is 0 Å². The van der Waals surface area contributed by atoms with Gasteiger partial charge in [0.2, 0.25) is 0 Å². The molecular weight excluding hydrogens is 306 g/mol. The minimum absolute atomic E-state index is 0.0974. The lowest BCUT2D eigenvalue weighted by atomic mass is 10.1. The Morgan fingerprint density at radius 3 is 3.00 bits per heavy atom. The number of aromatic hydroxyl groups is 1. The monoisotopic (exact) mass is 325 g/mol. The van der Waals surface area contributed by atoms with Crippen LogP contribution < -0.4 is 0 Å². The van der Waals surface area contributed by atoms with Gasteiger partial charge in [-0.3, -0.25) is 4.79 Å². The van der Waals surface area contributed by atoms with E-state index in [4.69, 9.17) is 0 Å². The van der Waals surface area contributed by atoms with Gasteiger partial charge in [-0.25, -0.2) is 0 Å². The van der Waals surface area contributed by atoms with E-state index >= 15 is 0 Å². The number of carbonyl (C=O) groups is 1. The number of alkyl halides is 1. The average molecular weight is 326 g/mol. The second kappa shape index (κ2) is 6.42. The summed E-state index contributed by atoms with van der Waals surface area (Å²) in [4.78, 5) is 14.5. The number of nitrogens with zero attached hydrogens (tertiary/aromatic N) is 1. The van der Waals surface area contributed by atoms with Crippen molar-refractivity contribution < 1.29 is 9.90 Å². The Hall–Kier alpha value is -1.03. The lowest BCUT2D eigenvalue weighted by molar-refractivity contribution is 0.0730. The number of hydrogen-bond donors (Lipinski definition) is 1. The first-order chi connectivity index (χ1) is 9.13. The standard InChI is InChI=1S/C15H20BrNO2/c1-11-10-12(6-7-14(11)18)15(19)17-9-3-5-13(17)4-2-8-16/h6-7,10,13,18H,2-5,8-9H2,1H3. The largest absolute Gasteiger partial charge is 0.508 e. The van der Waals surface area contributed by atoms with Crippen LogP contribution in [0.4, 0.5) is 0 Å². The van der Waals surface area contributed by atoms with Crippen molar-refractivity contribution in [1.82, 2.24) is 4.90 Å². The molecule has 4 heteroatoms. The van der Waals surface area contributed by atoms with Gasteiger partial charge in [-0.1, -0.05) is 15.9 Å². The molecule has 1 unspecified atom stereocenters. The fraction of sp³-hybridized carbons (Fsp3) is 0.533. The number of rotatable bonds is 4. The lowest BCUT2D eigenvalue weighted by Crippen LogP contribution is -2.35. The Morgan fingerprint density at radius 2 is 2.32 bits per heavy atom. The highest BCUT2D eigenvalue weighted by molar-refractivity contribution is 9.09. The summed E-state index contributed by atoms with van der Waals surface area (Å²) < 4.78 is 0. The maximum absolute atomic E-state index is 12.5. The van der Waals surface area contributed by atoms with E-state index in [1.165, 1.54) is 0 Å². The molecule has 0 aromatic heterocycles. The third-order valence-electron chi connectivity index (χ3n) is 3.75. The molecule has 1 heterocycles. The van der Waals surface area contributed by atoms with Crippen molar-refractivity contribution in [2.75, 3.05) is 11.9 Å². The van der Waals surface area contributed by atoms with E-state index in [9.17, 15) is 9.90 Å². The molecule has 1 amide bonds. The Kier molecular flexibility index (Phi) is 4.86. The van der Waals surface area contributed by atoms with Crippen LogP contribution in [0, 0.1) is 6.92 Å². The van der Waals surface area contributed by atoms with Crippen LogP contribution in [0.5, 0.6) is 5.75 Å². The zero-order valence-corrected chi connectivity index (χ0v) is 12.8. The molecule has 0 radical (unpaired) electrons. The molecule has 1 saturated heterocycles. The molecule has 3 nitrogen and oxygen atoms in total. The van der Waals surface area contributed by atoms with Crippen LogP contribution in [-0.2, 0) is 0 Å². The van der Waals surface area contributed by atoms with Crippen molar-refractivity contribution in [3.8, 4) is 5.75 Å². The topological polar surface area (TPSA) is 40.5 Å². The minimum Gasteiger partial charge on any atom is -0.508 e. The van der Waals surface area contributed by atoms with Crippen LogP contribution in [0.2, 0.25) is 0 Å². The number of phenolic OH excluding ortho intramolecular Hbond substituents is 1. The molecular formula is C15H20BrNO2. The Labute approximate surface area is 122 Å². The fourth-order valence-electron chi connectivity index (χ4n) is 2.67. The van der Waals surface area contributed by atoms with Crippen molar-refractivity contribution in [1.29, 1.82) is 0 Å². The molecule has 1 aromatic carbocycles. The summed E-state index contributed by atoms with van der Waals surface area (Å²) in [6.45, 7) is 2.67. The van der Waals surface area contributed by atoms with Gasteiger partial charge in [0.1, 0.15) is 5.75 Å². The normalized spacial score (nSPS) is 18.8. The Bertz CT molecular complexity index is 461. The molecule has 1 aromatic rings. The number of benzene rings is 1. The summed E-state index contributed by atoms with van der Waals surface area (Å²) in [7, 11) is 0. The van der Waals surface area contributed by atoms with E-state index in [1.807, 2.05) is 11.8 Å². The number of amides is 1. The van der Waals surface area contributed by atoms with Crippen LogP contribution in [0.15, 0.2) is 18.2 Å². The number of halogens is 1. The first-order valence-corrected chi connectivity index (χ1v) is 7.92. The fourth-order valence-corrected chi connectivity index (χ4v) is 2.99. The number of likely N-dealkylation sites (tertiary alicyclic amines) is 1. The second-order valence-corrected chi connectivity index (χ2v) is 5.92. The van der Waals surface area contributed by atoms with Gasteiger partial charge in [-0.15, -0.1) is 0 Å². The van der Waals surface area contributed by atoms with Crippen LogP contribution in [0.25, 0.3) is 0 Å². The quantitative estimate of drug-likeness (QED) is 0.861. The van der Waals surface area contributed by atoms with Gasteiger partial charge in [0.25, 0.3) is 5.91 Å². The third-order valence-corrected chi connectivity index (χ3v) is 4.31. The van der Waals surface area contributed by atoms with Crippen LogP contribution in [0.3, 0.4) is 0 Å². The summed E-state index contributed by atoms with van der Waals surface area (Å²) in [5.41, 5.74) is 1.43. The second-order valence-electron chi connectivity index (χ2n) is 5.13. The van der Waals surface area contributed by atoms with Gasteiger partial charge in [-0.2, -0.15) is 0 Å². The van der Waals surface area contributed by atoms with E-state index in [0.717, 1.165) is 43.1 Å². The number of aryl methyl sites for hydroxylation is 1. The zero-order chi connectivity index (χ0) is 13.8. The first-order valence-electron chi connectivity index (χ1n) is 6.80. The summed E-state index contributed by atoms with van der Waals surface area (Å²) in [5.74, 6) is 0.342. The minimum atomic E-state index is 0.0974. The van der Waals surface area contributed by atoms with Crippen LogP contribution in [-0.4, -0.2) is 33.8 Å². The van der Waals surface area contributed by atoms with E-state index < -0.39 is 0 Å². The summed E-state index contributed by atoms with van der Waals surface area (Å²) in [6, 6.07) is 5.47. The van der Waals surface area contributed by atoms with E-state index in [2.05, 4.69) is 15.9 Å². The SMILES string of the molecule is Cc1cc(C(=O)N2CCCC2CCCBr)ccc1O. The predicted molar refractivity (Wildman–Crippen MR) is 79.9 cm³/mol. The van der Waals surface area contributed by atoms with Crippen molar-refractivity contribution >= 4 is 21.8 Å². The number of carbonyl (C=O) groups excluding carboxylic acids is 1. The highest BCUT2D eigenvalue weighted by Gasteiger charge is 2.28. The molecule has 1 fully saturated rings. The van der Waals surface area contributed by atoms with Gasteiger partial charge in [0.05, 0.1) is 0 Å². The molecule has 1 N–H and O–H groups in total. The zero-order valence-electron chi connectivity index (χ0n) is 11.2. The van der Waals surface area contributed by atoms with E-state index in [1.54, 1.807) is 18.2 Å². The molecule has 1 aliphatic rings. The van der Waals surface area contributed by atoms with E-state index in [-0.39, 0.29) is 11.7 Å². The van der Waals surface area contributed by atoms with Gasteiger partial charge in [-0.05, 0) is 56.4 Å². The van der Waals surface area contributed by atoms with Gasteiger partial charge >= 0.3 is 0 Å². The molecule has 1 atom stereocenters. The average Bonchev–Trinajstić information content (AvgIpc) is 2.87. The summed E-state index contributed by atoms with van der Waals surface area (Å²) in [6.07, 6.45) is 4.36. The molecule has 0 bridgehead atoms. The van der Waals surface area contributed by atoms with Crippen molar-refractivity contribution in [2.45, 2.75) is 38.6 Å². The first kappa shape index (κ1) is 14.4. The molecule has 2 rings (SSSR count). The highest BCUT2D eigenvalue weighted by Crippen LogP contribution is 2.25. The summed E-state index contributed by atoms with van der Waals surface area (Å²) >= 11 is 3.44. The van der Waals surface area contributed by atoms with Crippen LogP contribution >= 0.6 is 15.9 Å². The maximum atomic E-state index is 12.5. The van der Waals surface area contributed by atoms with Gasteiger partial charge in [0, 0.05) is 23.5 Å². The Morgan fingerprint density at radius 1 is 1.53 bits per heavy atom. The smallest absolute Gasteiger partial charge is 0.254 e.